The van der Waals surface area contributed by atoms with Crippen molar-refractivity contribution in [1.29, 1.82) is 0 Å². The van der Waals surface area contributed by atoms with E-state index >= 15 is 0 Å². The topological polar surface area (TPSA) is 32.3 Å². The molecule has 1 amide bonds. The molecule has 0 fully saturated rings. The average molecular weight is 512 g/mol. The molecule has 1 aromatic carbocycles. The molecule has 34 heavy (non-hydrogen) atoms. The summed E-state index contributed by atoms with van der Waals surface area (Å²) in [5.41, 5.74) is 3.14. The summed E-state index contributed by atoms with van der Waals surface area (Å²) in [7, 11) is 0. The minimum atomic E-state index is 0.426. The predicted octanol–water partition coefficient (Wildman–Crippen LogP) is 9.70. The summed E-state index contributed by atoms with van der Waals surface area (Å²) in [6.45, 7) is 23.4. The number of nitrogens with one attached hydrogen (secondary N) is 1. The van der Waals surface area contributed by atoms with Crippen LogP contribution in [0.25, 0.3) is 0 Å². The molecule has 1 N–H and O–H groups in total. The normalized spacial score (nSPS) is 12.4. The SMILES string of the molecule is C=C/C(=C(\C(Cl)=C/C)N(CCC)CCCC(C)CC)C(C)C.CC.O=CNc1cccc(Cl)c1. The minimum Gasteiger partial charge on any atom is -0.370 e. The van der Waals surface area contributed by atoms with E-state index in [4.69, 9.17) is 23.2 Å². The van der Waals surface area contributed by atoms with Crippen LogP contribution >= 0.6 is 23.2 Å². The van der Waals surface area contributed by atoms with Crippen LogP contribution in [0, 0.1) is 11.8 Å². The number of nitrogens with zero attached hydrogens (tertiary/aromatic N) is 1. The van der Waals surface area contributed by atoms with Gasteiger partial charge >= 0.3 is 0 Å². The van der Waals surface area contributed by atoms with E-state index in [1.807, 2.05) is 32.9 Å². The van der Waals surface area contributed by atoms with E-state index in [9.17, 15) is 4.79 Å². The molecule has 0 aliphatic heterocycles. The van der Waals surface area contributed by atoms with Crippen LogP contribution in [0.5, 0.6) is 0 Å². The summed E-state index contributed by atoms with van der Waals surface area (Å²) in [6.07, 6.45) is 9.48. The van der Waals surface area contributed by atoms with Crippen LogP contribution in [0.3, 0.4) is 0 Å². The van der Waals surface area contributed by atoms with Crippen LogP contribution < -0.4 is 5.32 Å². The monoisotopic (exact) mass is 510 g/mol. The molecule has 1 rings (SSSR count). The third kappa shape index (κ3) is 14.5. The van der Waals surface area contributed by atoms with Crippen molar-refractivity contribution in [2.75, 3.05) is 18.4 Å². The Morgan fingerprint density at radius 3 is 2.26 bits per heavy atom. The number of benzene rings is 1. The highest BCUT2D eigenvalue weighted by Crippen LogP contribution is 2.29. The second-order valence-electron chi connectivity index (χ2n) is 8.21. The second kappa shape index (κ2) is 21.8. The Labute approximate surface area is 220 Å². The molecule has 0 aliphatic rings. The van der Waals surface area contributed by atoms with E-state index in [0.717, 1.165) is 30.5 Å². The van der Waals surface area contributed by atoms with E-state index in [2.05, 4.69) is 51.4 Å². The zero-order chi connectivity index (χ0) is 26.5. The van der Waals surface area contributed by atoms with Gasteiger partial charge in [-0.2, -0.15) is 0 Å². The van der Waals surface area contributed by atoms with E-state index in [1.165, 1.54) is 30.5 Å². The lowest BCUT2D eigenvalue weighted by Crippen LogP contribution is -2.27. The van der Waals surface area contributed by atoms with Crippen molar-refractivity contribution in [3.63, 3.8) is 0 Å². The number of hydrogen-bond acceptors (Lipinski definition) is 2. The Balaban J connectivity index is 0. The maximum atomic E-state index is 9.93. The highest BCUT2D eigenvalue weighted by atomic mass is 35.5. The second-order valence-corrected chi connectivity index (χ2v) is 9.06. The number of carbonyl (C=O) groups excluding carboxylic acids is 1. The van der Waals surface area contributed by atoms with Crippen LogP contribution in [0.1, 0.15) is 81.1 Å². The summed E-state index contributed by atoms with van der Waals surface area (Å²) in [6, 6.07) is 6.96. The number of anilines is 1. The zero-order valence-electron chi connectivity index (χ0n) is 22.8. The first kappa shape index (κ1) is 34.5. The van der Waals surface area contributed by atoms with Crippen LogP contribution in [0.2, 0.25) is 5.02 Å². The number of amides is 1. The molecule has 0 heterocycles. The van der Waals surface area contributed by atoms with Gasteiger partial charge in [0.2, 0.25) is 6.41 Å². The maximum Gasteiger partial charge on any atom is 0.211 e. The maximum absolute atomic E-state index is 9.93. The molecule has 5 heteroatoms. The standard InChI is InChI=1S/C20H36ClN.C7H6ClNO.C2H6/c1-8-14-22(15-12-13-17(7)9-2)20(19(21)11-4)18(10-3)16(5)6;8-6-2-1-3-7(4-6)9-5-10;1-2/h10-11,16-17H,3,8-9,12-15H2,1-2,4-7H3;1-5H,(H,9,10);1-2H3/b19-11+,20-18-;;. The van der Waals surface area contributed by atoms with Crippen molar-refractivity contribution in [3.05, 3.63) is 64.3 Å². The predicted molar refractivity (Wildman–Crippen MR) is 155 cm³/mol. The Morgan fingerprint density at radius 2 is 1.82 bits per heavy atom. The molecule has 3 nitrogen and oxygen atoms in total. The minimum absolute atomic E-state index is 0.426. The average Bonchev–Trinajstić information content (AvgIpc) is 2.83. The Hall–Kier alpha value is -1.71. The van der Waals surface area contributed by atoms with Crippen molar-refractivity contribution < 1.29 is 4.79 Å². The van der Waals surface area contributed by atoms with Gasteiger partial charge in [-0.3, -0.25) is 4.79 Å². The molecular weight excluding hydrogens is 463 g/mol. The fourth-order valence-corrected chi connectivity index (χ4v) is 3.72. The van der Waals surface area contributed by atoms with Crippen LogP contribution in [0.4, 0.5) is 5.69 Å². The van der Waals surface area contributed by atoms with E-state index in [-0.39, 0.29) is 0 Å². The lowest BCUT2D eigenvalue weighted by molar-refractivity contribution is -0.105. The van der Waals surface area contributed by atoms with E-state index in [0.29, 0.717) is 23.0 Å². The van der Waals surface area contributed by atoms with Gasteiger partial charge in [0.15, 0.2) is 0 Å². The Bertz CT molecular complexity index is 741. The fraction of sp³-hybridized carbons (Fsp3) is 0.552. The van der Waals surface area contributed by atoms with Crippen molar-refractivity contribution in [1.82, 2.24) is 4.90 Å². The number of halogens is 2. The van der Waals surface area contributed by atoms with E-state index in [1.54, 1.807) is 24.3 Å². The van der Waals surface area contributed by atoms with Crippen molar-refractivity contribution in [3.8, 4) is 0 Å². The molecule has 0 aromatic heterocycles. The molecule has 0 aliphatic carbocycles. The quantitative estimate of drug-likeness (QED) is 0.211. The van der Waals surface area contributed by atoms with Gasteiger partial charge in [-0.05, 0) is 61.8 Å². The third-order valence-electron chi connectivity index (χ3n) is 5.28. The van der Waals surface area contributed by atoms with Gasteiger partial charge in [0, 0.05) is 23.8 Å². The molecule has 194 valence electrons. The highest BCUT2D eigenvalue weighted by molar-refractivity contribution is 6.32. The van der Waals surface area contributed by atoms with E-state index < -0.39 is 0 Å². The molecule has 0 saturated heterocycles. The summed E-state index contributed by atoms with van der Waals surface area (Å²) in [5, 5.41) is 3.95. The lowest BCUT2D eigenvalue weighted by Gasteiger charge is -2.30. The summed E-state index contributed by atoms with van der Waals surface area (Å²) in [5.74, 6) is 1.23. The number of rotatable bonds is 13. The molecule has 0 bridgehead atoms. The molecule has 0 spiro atoms. The summed E-state index contributed by atoms with van der Waals surface area (Å²) in [4.78, 5) is 12.4. The molecule has 0 saturated carbocycles. The van der Waals surface area contributed by atoms with Gasteiger partial charge in [-0.1, -0.05) is 103 Å². The first-order chi connectivity index (χ1) is 16.2. The van der Waals surface area contributed by atoms with Crippen LogP contribution in [0.15, 0.2) is 59.3 Å². The number of carbonyl (C=O) groups is 1. The zero-order valence-corrected chi connectivity index (χ0v) is 24.3. The first-order valence-electron chi connectivity index (χ1n) is 12.6. The van der Waals surface area contributed by atoms with Crippen LogP contribution in [-0.2, 0) is 4.79 Å². The van der Waals surface area contributed by atoms with Crippen molar-refractivity contribution in [2.24, 2.45) is 11.8 Å². The van der Waals surface area contributed by atoms with Gasteiger partial charge in [0.1, 0.15) is 0 Å². The third-order valence-corrected chi connectivity index (χ3v) is 5.91. The fourth-order valence-electron chi connectivity index (χ4n) is 3.30. The van der Waals surface area contributed by atoms with Gasteiger partial charge in [-0.25, -0.2) is 0 Å². The number of allylic oxidation sites excluding steroid dienone is 4. The van der Waals surface area contributed by atoms with Gasteiger partial charge in [0.25, 0.3) is 0 Å². The Morgan fingerprint density at radius 1 is 1.18 bits per heavy atom. The van der Waals surface area contributed by atoms with Crippen molar-refractivity contribution >= 4 is 35.3 Å². The highest BCUT2D eigenvalue weighted by Gasteiger charge is 2.17. The van der Waals surface area contributed by atoms with Gasteiger partial charge < -0.3 is 10.2 Å². The van der Waals surface area contributed by atoms with Gasteiger partial charge in [-0.15, -0.1) is 0 Å². The summed E-state index contributed by atoms with van der Waals surface area (Å²) >= 11 is 12.2. The molecule has 1 aromatic rings. The Kier molecular flexibility index (Phi) is 22.1. The van der Waals surface area contributed by atoms with Gasteiger partial charge in [0.05, 0.1) is 10.7 Å². The molecule has 1 unspecified atom stereocenters. The lowest BCUT2D eigenvalue weighted by atomic mass is 9.98. The number of hydrogen-bond donors (Lipinski definition) is 1. The first-order valence-corrected chi connectivity index (χ1v) is 13.4. The smallest absolute Gasteiger partial charge is 0.211 e. The molecule has 1 atom stereocenters. The largest absolute Gasteiger partial charge is 0.370 e. The van der Waals surface area contributed by atoms with Crippen LogP contribution in [-0.4, -0.2) is 24.4 Å². The molecule has 0 radical (unpaired) electrons. The summed E-state index contributed by atoms with van der Waals surface area (Å²) < 4.78 is 0. The molecular formula is C29H48Cl2N2O. The van der Waals surface area contributed by atoms with Crippen molar-refractivity contribution in [2.45, 2.75) is 81.1 Å².